The van der Waals surface area contributed by atoms with Crippen LogP contribution in [0.25, 0.3) is 0 Å². The Labute approximate surface area is 130 Å². The van der Waals surface area contributed by atoms with Crippen molar-refractivity contribution in [3.8, 4) is 5.75 Å². The molecule has 5 heteroatoms. The zero-order valence-electron chi connectivity index (χ0n) is 12.8. The van der Waals surface area contributed by atoms with Gasteiger partial charge < -0.3 is 9.64 Å². The van der Waals surface area contributed by atoms with Gasteiger partial charge in [0, 0.05) is 18.7 Å². The van der Waals surface area contributed by atoms with E-state index in [1.54, 1.807) is 7.11 Å². The maximum atomic E-state index is 6.07. The minimum absolute atomic E-state index is 0.256. The Balaban J connectivity index is 2.20. The Morgan fingerprint density at radius 2 is 2.00 bits per heavy atom. The van der Waals surface area contributed by atoms with E-state index in [1.165, 1.54) is 11.9 Å². The van der Waals surface area contributed by atoms with Crippen LogP contribution in [-0.2, 0) is 6.42 Å². The summed E-state index contributed by atoms with van der Waals surface area (Å²) in [5.74, 6) is 1.77. The Morgan fingerprint density at radius 3 is 2.71 bits per heavy atom. The highest BCUT2D eigenvalue weighted by Crippen LogP contribution is 2.25. The van der Waals surface area contributed by atoms with Crippen LogP contribution in [0.5, 0.6) is 5.75 Å². The van der Waals surface area contributed by atoms with Crippen molar-refractivity contribution in [2.75, 3.05) is 19.1 Å². The van der Waals surface area contributed by atoms with E-state index in [2.05, 4.69) is 27.9 Å². The Hall–Kier alpha value is -1.81. The largest absolute Gasteiger partial charge is 0.496 e. The SMILES string of the molecule is COc1ccccc1CC(C)N(C)c1ncnc(Cl)c1C. The highest BCUT2D eigenvalue weighted by Gasteiger charge is 2.17. The number of aromatic nitrogens is 2. The van der Waals surface area contributed by atoms with Gasteiger partial charge in [-0.1, -0.05) is 29.8 Å². The zero-order chi connectivity index (χ0) is 15.4. The number of likely N-dealkylation sites (N-methyl/N-ethyl adjacent to an activating group) is 1. The number of para-hydroxylation sites is 1. The second kappa shape index (κ2) is 6.76. The lowest BCUT2D eigenvalue weighted by molar-refractivity contribution is 0.408. The first-order valence-electron chi connectivity index (χ1n) is 6.86. The lowest BCUT2D eigenvalue weighted by atomic mass is 10.0. The Kier molecular flexibility index (Phi) is 5.02. The average molecular weight is 306 g/mol. The van der Waals surface area contributed by atoms with Crippen LogP contribution in [0.4, 0.5) is 5.82 Å². The predicted octanol–water partition coefficient (Wildman–Crippen LogP) is 3.51. The molecule has 0 aliphatic carbocycles. The van der Waals surface area contributed by atoms with Crippen molar-refractivity contribution in [2.24, 2.45) is 0 Å². The van der Waals surface area contributed by atoms with Gasteiger partial charge in [0.25, 0.3) is 0 Å². The van der Waals surface area contributed by atoms with E-state index < -0.39 is 0 Å². The molecule has 0 N–H and O–H groups in total. The second-order valence-electron chi connectivity index (χ2n) is 5.09. The topological polar surface area (TPSA) is 38.2 Å². The number of anilines is 1. The smallest absolute Gasteiger partial charge is 0.137 e. The third-order valence-corrected chi connectivity index (χ3v) is 4.08. The molecule has 0 aliphatic rings. The lowest BCUT2D eigenvalue weighted by Gasteiger charge is -2.27. The molecule has 0 saturated heterocycles. The Morgan fingerprint density at radius 1 is 1.29 bits per heavy atom. The quantitative estimate of drug-likeness (QED) is 0.792. The standard InChI is InChI=1S/C16H20ClN3O/c1-11(9-13-7-5-6-8-14(13)21-4)20(3)16-12(2)15(17)18-10-19-16/h5-8,10-11H,9H2,1-4H3. The van der Waals surface area contributed by atoms with Crippen molar-refractivity contribution in [3.05, 3.63) is 46.9 Å². The molecule has 1 heterocycles. The van der Waals surface area contributed by atoms with Gasteiger partial charge in [0.1, 0.15) is 23.0 Å². The summed E-state index contributed by atoms with van der Waals surface area (Å²) in [6, 6.07) is 8.33. The number of ether oxygens (including phenoxy) is 1. The van der Waals surface area contributed by atoms with Gasteiger partial charge in [-0.05, 0) is 31.9 Å². The maximum Gasteiger partial charge on any atom is 0.137 e. The summed E-state index contributed by atoms with van der Waals surface area (Å²) in [5.41, 5.74) is 2.07. The summed E-state index contributed by atoms with van der Waals surface area (Å²) < 4.78 is 5.41. The molecule has 21 heavy (non-hydrogen) atoms. The van der Waals surface area contributed by atoms with E-state index in [0.29, 0.717) is 5.15 Å². The van der Waals surface area contributed by atoms with Gasteiger partial charge in [-0.25, -0.2) is 9.97 Å². The van der Waals surface area contributed by atoms with E-state index in [0.717, 1.165) is 23.6 Å². The van der Waals surface area contributed by atoms with Crippen LogP contribution in [0.3, 0.4) is 0 Å². The summed E-state index contributed by atoms with van der Waals surface area (Å²) in [6.07, 6.45) is 2.36. The minimum atomic E-state index is 0.256. The van der Waals surface area contributed by atoms with Crippen molar-refractivity contribution in [2.45, 2.75) is 26.3 Å². The number of hydrogen-bond acceptors (Lipinski definition) is 4. The Bertz CT molecular complexity index is 618. The number of nitrogens with zero attached hydrogens (tertiary/aromatic N) is 3. The first-order chi connectivity index (χ1) is 10.0. The van der Waals surface area contributed by atoms with E-state index in [-0.39, 0.29) is 6.04 Å². The molecule has 0 spiro atoms. The summed E-state index contributed by atoms with van der Waals surface area (Å²) in [5, 5.41) is 0.497. The molecule has 112 valence electrons. The second-order valence-corrected chi connectivity index (χ2v) is 5.45. The van der Waals surface area contributed by atoms with Crippen LogP contribution in [0.2, 0.25) is 5.15 Å². The van der Waals surface area contributed by atoms with Crippen LogP contribution in [0.15, 0.2) is 30.6 Å². The van der Waals surface area contributed by atoms with Gasteiger partial charge in [-0.15, -0.1) is 0 Å². The molecular weight excluding hydrogens is 286 g/mol. The van der Waals surface area contributed by atoms with Crippen LogP contribution in [0, 0.1) is 6.92 Å². The normalized spacial score (nSPS) is 12.0. The molecule has 1 atom stereocenters. The van der Waals surface area contributed by atoms with E-state index >= 15 is 0 Å². The van der Waals surface area contributed by atoms with E-state index in [4.69, 9.17) is 16.3 Å². The maximum absolute atomic E-state index is 6.07. The lowest BCUT2D eigenvalue weighted by Crippen LogP contribution is -2.32. The minimum Gasteiger partial charge on any atom is -0.496 e. The molecule has 1 unspecified atom stereocenters. The van der Waals surface area contributed by atoms with Gasteiger partial charge >= 0.3 is 0 Å². The summed E-state index contributed by atoms with van der Waals surface area (Å²) >= 11 is 6.07. The van der Waals surface area contributed by atoms with Gasteiger partial charge in [-0.2, -0.15) is 0 Å². The van der Waals surface area contributed by atoms with Gasteiger partial charge in [0.2, 0.25) is 0 Å². The molecule has 0 amide bonds. The van der Waals surface area contributed by atoms with Gasteiger partial charge in [0.05, 0.1) is 7.11 Å². The van der Waals surface area contributed by atoms with Crippen molar-refractivity contribution in [3.63, 3.8) is 0 Å². The number of methoxy groups -OCH3 is 1. The first-order valence-corrected chi connectivity index (χ1v) is 7.24. The van der Waals surface area contributed by atoms with Crippen LogP contribution < -0.4 is 9.64 Å². The third kappa shape index (κ3) is 3.45. The first kappa shape index (κ1) is 15.6. The molecule has 2 rings (SSSR count). The van der Waals surface area contributed by atoms with Crippen molar-refractivity contribution < 1.29 is 4.74 Å². The monoisotopic (exact) mass is 305 g/mol. The molecule has 0 radical (unpaired) electrons. The summed E-state index contributed by atoms with van der Waals surface area (Å²) in [7, 11) is 3.72. The fraction of sp³-hybridized carbons (Fsp3) is 0.375. The molecule has 0 saturated carbocycles. The molecule has 4 nitrogen and oxygen atoms in total. The molecule has 1 aromatic heterocycles. The van der Waals surface area contributed by atoms with Crippen LogP contribution in [0.1, 0.15) is 18.1 Å². The molecule has 0 aliphatic heterocycles. The highest BCUT2D eigenvalue weighted by molar-refractivity contribution is 6.30. The third-order valence-electron chi connectivity index (χ3n) is 3.70. The van der Waals surface area contributed by atoms with E-state index in [1.807, 2.05) is 32.2 Å². The van der Waals surface area contributed by atoms with E-state index in [9.17, 15) is 0 Å². The predicted molar refractivity (Wildman–Crippen MR) is 86.3 cm³/mol. The summed E-state index contributed by atoms with van der Waals surface area (Å²) in [6.45, 7) is 4.09. The molecule has 0 bridgehead atoms. The number of benzene rings is 1. The fourth-order valence-electron chi connectivity index (χ4n) is 2.31. The molecule has 2 aromatic rings. The summed E-state index contributed by atoms with van der Waals surface area (Å²) in [4.78, 5) is 10.5. The van der Waals surface area contributed by atoms with Crippen LogP contribution >= 0.6 is 11.6 Å². The number of halogens is 1. The van der Waals surface area contributed by atoms with Crippen LogP contribution in [-0.4, -0.2) is 30.2 Å². The molecular formula is C16H20ClN3O. The number of rotatable bonds is 5. The highest BCUT2D eigenvalue weighted by atomic mass is 35.5. The van der Waals surface area contributed by atoms with Gasteiger partial charge in [0.15, 0.2) is 0 Å². The van der Waals surface area contributed by atoms with Crippen molar-refractivity contribution >= 4 is 17.4 Å². The average Bonchev–Trinajstić information content (AvgIpc) is 2.50. The number of hydrogen-bond donors (Lipinski definition) is 0. The van der Waals surface area contributed by atoms with Crippen molar-refractivity contribution in [1.29, 1.82) is 0 Å². The molecule has 1 aromatic carbocycles. The zero-order valence-corrected chi connectivity index (χ0v) is 13.6. The van der Waals surface area contributed by atoms with Gasteiger partial charge in [-0.3, -0.25) is 0 Å². The van der Waals surface area contributed by atoms with Crippen molar-refractivity contribution in [1.82, 2.24) is 9.97 Å². The fourth-order valence-corrected chi connectivity index (χ4v) is 2.44. The molecule has 0 fully saturated rings.